The van der Waals surface area contributed by atoms with E-state index >= 15 is 0 Å². The number of nitro groups is 1. The zero-order chi connectivity index (χ0) is 15.5. The minimum Gasteiger partial charge on any atom is -0.379 e. The van der Waals surface area contributed by atoms with E-state index in [1.54, 1.807) is 12.1 Å². The third-order valence-corrected chi connectivity index (χ3v) is 3.73. The van der Waals surface area contributed by atoms with Crippen LogP contribution >= 0.6 is 0 Å². The molecule has 0 aromatic heterocycles. The average molecular weight is 292 g/mol. The zero-order valence-electron chi connectivity index (χ0n) is 12.2. The summed E-state index contributed by atoms with van der Waals surface area (Å²) in [6, 6.07) is 21.2. The second kappa shape index (κ2) is 5.85. The van der Waals surface area contributed by atoms with E-state index < -0.39 is 4.92 Å². The third kappa shape index (κ3) is 2.91. The Morgan fingerprint density at radius 1 is 0.955 bits per heavy atom. The lowest BCUT2D eigenvalue weighted by Crippen LogP contribution is -2.06. The third-order valence-electron chi connectivity index (χ3n) is 3.73. The van der Waals surface area contributed by atoms with E-state index in [0.717, 1.165) is 5.69 Å². The lowest BCUT2D eigenvalue weighted by molar-refractivity contribution is -0.384. The van der Waals surface area contributed by atoms with Gasteiger partial charge in [-0.15, -0.1) is 0 Å². The van der Waals surface area contributed by atoms with Crippen LogP contribution in [0, 0.1) is 10.1 Å². The molecule has 0 aliphatic rings. The fraction of sp³-hybridized carbons (Fsp3) is 0.111. The average Bonchev–Trinajstić information content (AvgIpc) is 2.55. The number of rotatable bonds is 4. The first-order valence-electron chi connectivity index (χ1n) is 7.13. The van der Waals surface area contributed by atoms with Gasteiger partial charge < -0.3 is 5.32 Å². The number of hydrogen-bond donors (Lipinski definition) is 1. The van der Waals surface area contributed by atoms with E-state index in [-0.39, 0.29) is 11.7 Å². The Morgan fingerprint density at radius 3 is 2.32 bits per heavy atom. The summed E-state index contributed by atoms with van der Waals surface area (Å²) < 4.78 is 0. The molecule has 0 heterocycles. The Kier molecular flexibility index (Phi) is 3.74. The topological polar surface area (TPSA) is 55.2 Å². The highest BCUT2D eigenvalue weighted by atomic mass is 16.6. The molecule has 3 aromatic rings. The smallest absolute Gasteiger partial charge is 0.269 e. The lowest BCUT2D eigenvalue weighted by Gasteiger charge is -2.16. The van der Waals surface area contributed by atoms with Crippen LogP contribution in [0.25, 0.3) is 10.8 Å². The molecule has 0 amide bonds. The summed E-state index contributed by atoms with van der Waals surface area (Å²) in [5.74, 6) is 0. The van der Waals surface area contributed by atoms with Gasteiger partial charge in [-0.1, -0.05) is 36.4 Å². The van der Waals surface area contributed by atoms with Gasteiger partial charge >= 0.3 is 0 Å². The Morgan fingerprint density at radius 2 is 1.64 bits per heavy atom. The molecule has 0 aliphatic carbocycles. The molecule has 0 spiro atoms. The van der Waals surface area contributed by atoms with Crippen molar-refractivity contribution in [3.63, 3.8) is 0 Å². The van der Waals surface area contributed by atoms with Crippen molar-refractivity contribution >= 4 is 22.1 Å². The number of benzene rings is 3. The first-order valence-corrected chi connectivity index (χ1v) is 7.13. The number of nitro benzene ring substituents is 1. The summed E-state index contributed by atoms with van der Waals surface area (Å²) in [6.07, 6.45) is 0. The van der Waals surface area contributed by atoms with Crippen molar-refractivity contribution in [1.29, 1.82) is 0 Å². The van der Waals surface area contributed by atoms with Gasteiger partial charge in [-0.3, -0.25) is 10.1 Å². The van der Waals surface area contributed by atoms with Gasteiger partial charge in [-0.05, 0) is 41.5 Å². The van der Waals surface area contributed by atoms with Crippen molar-refractivity contribution in [3.05, 3.63) is 82.4 Å². The summed E-state index contributed by atoms with van der Waals surface area (Å²) in [5.41, 5.74) is 2.15. The largest absolute Gasteiger partial charge is 0.379 e. The molecule has 110 valence electrons. The maximum atomic E-state index is 10.7. The number of fused-ring (bicyclic) bond motifs is 1. The number of nitrogens with one attached hydrogen (secondary N) is 1. The Balaban J connectivity index is 1.80. The van der Waals surface area contributed by atoms with E-state index in [1.807, 2.05) is 12.1 Å². The van der Waals surface area contributed by atoms with Crippen LogP contribution in [0.1, 0.15) is 18.5 Å². The van der Waals surface area contributed by atoms with E-state index in [1.165, 1.54) is 28.5 Å². The Hall–Kier alpha value is -2.88. The van der Waals surface area contributed by atoms with Crippen LogP contribution in [-0.2, 0) is 0 Å². The zero-order valence-corrected chi connectivity index (χ0v) is 12.2. The maximum absolute atomic E-state index is 10.7. The molecule has 4 heteroatoms. The first-order chi connectivity index (χ1) is 10.6. The molecule has 3 aromatic carbocycles. The highest BCUT2D eigenvalue weighted by Gasteiger charge is 2.08. The van der Waals surface area contributed by atoms with Gasteiger partial charge in [0.1, 0.15) is 0 Å². The molecule has 0 bridgehead atoms. The second-order valence-corrected chi connectivity index (χ2v) is 5.28. The van der Waals surface area contributed by atoms with Gasteiger partial charge in [-0.25, -0.2) is 0 Å². The minimum atomic E-state index is -0.392. The summed E-state index contributed by atoms with van der Waals surface area (Å²) in [4.78, 5) is 10.3. The minimum absolute atomic E-state index is 0.101. The van der Waals surface area contributed by atoms with Crippen LogP contribution in [0.5, 0.6) is 0 Å². The number of nitrogens with zero attached hydrogens (tertiary/aromatic N) is 1. The Labute approximate surface area is 128 Å². The van der Waals surface area contributed by atoms with Crippen LogP contribution in [0.4, 0.5) is 11.4 Å². The molecule has 0 radical (unpaired) electrons. The maximum Gasteiger partial charge on any atom is 0.269 e. The first kappa shape index (κ1) is 14.1. The van der Waals surface area contributed by atoms with Crippen molar-refractivity contribution in [3.8, 4) is 0 Å². The summed E-state index contributed by atoms with van der Waals surface area (Å²) in [7, 11) is 0. The van der Waals surface area contributed by atoms with Crippen molar-refractivity contribution in [2.45, 2.75) is 13.0 Å². The van der Waals surface area contributed by atoms with E-state index in [0.29, 0.717) is 0 Å². The summed E-state index contributed by atoms with van der Waals surface area (Å²) in [6.45, 7) is 2.07. The number of non-ortho nitro benzene ring substituents is 1. The van der Waals surface area contributed by atoms with Gasteiger partial charge in [-0.2, -0.15) is 0 Å². The molecule has 1 unspecified atom stereocenters. The standard InChI is InChI=1S/C18H16N2O2/c1-13(19-17-8-10-18(11-9-17)20(21)22)15-7-6-14-4-2-3-5-16(14)12-15/h2-13,19H,1H3. The predicted molar refractivity (Wildman–Crippen MR) is 89.1 cm³/mol. The number of anilines is 1. The molecular formula is C18H16N2O2. The molecule has 1 N–H and O–H groups in total. The van der Waals surface area contributed by atoms with Crippen molar-refractivity contribution in [2.75, 3.05) is 5.32 Å². The van der Waals surface area contributed by atoms with Gasteiger partial charge in [0, 0.05) is 23.9 Å². The van der Waals surface area contributed by atoms with E-state index in [2.05, 4.69) is 42.6 Å². The SMILES string of the molecule is CC(Nc1ccc([N+](=O)[O-])cc1)c1ccc2ccccc2c1. The molecule has 4 nitrogen and oxygen atoms in total. The quantitative estimate of drug-likeness (QED) is 0.548. The van der Waals surface area contributed by atoms with Crippen molar-refractivity contribution < 1.29 is 4.92 Å². The Bertz CT molecular complexity index is 813. The fourth-order valence-electron chi connectivity index (χ4n) is 2.49. The lowest BCUT2D eigenvalue weighted by atomic mass is 10.0. The highest BCUT2D eigenvalue weighted by Crippen LogP contribution is 2.24. The number of hydrogen-bond acceptors (Lipinski definition) is 3. The van der Waals surface area contributed by atoms with Crippen LogP contribution in [-0.4, -0.2) is 4.92 Å². The second-order valence-electron chi connectivity index (χ2n) is 5.28. The summed E-state index contributed by atoms with van der Waals surface area (Å²) >= 11 is 0. The molecule has 1 atom stereocenters. The van der Waals surface area contributed by atoms with Gasteiger partial charge in [0.2, 0.25) is 0 Å². The van der Waals surface area contributed by atoms with Crippen molar-refractivity contribution in [1.82, 2.24) is 0 Å². The molecule has 0 saturated heterocycles. The molecule has 0 fully saturated rings. The van der Waals surface area contributed by atoms with Gasteiger partial charge in [0.15, 0.2) is 0 Å². The van der Waals surface area contributed by atoms with Crippen LogP contribution in [0.15, 0.2) is 66.7 Å². The van der Waals surface area contributed by atoms with Crippen LogP contribution in [0.3, 0.4) is 0 Å². The predicted octanol–water partition coefficient (Wildman–Crippen LogP) is 4.92. The van der Waals surface area contributed by atoms with E-state index in [4.69, 9.17) is 0 Å². The molecule has 0 aliphatic heterocycles. The molecule has 3 rings (SSSR count). The summed E-state index contributed by atoms with van der Waals surface area (Å²) in [5, 5.41) is 16.5. The van der Waals surface area contributed by atoms with Gasteiger partial charge in [0.05, 0.1) is 4.92 Å². The van der Waals surface area contributed by atoms with Crippen LogP contribution < -0.4 is 5.32 Å². The van der Waals surface area contributed by atoms with Gasteiger partial charge in [0.25, 0.3) is 5.69 Å². The van der Waals surface area contributed by atoms with Crippen molar-refractivity contribution in [2.24, 2.45) is 0 Å². The molecular weight excluding hydrogens is 276 g/mol. The highest BCUT2D eigenvalue weighted by molar-refractivity contribution is 5.83. The monoisotopic (exact) mass is 292 g/mol. The molecule has 22 heavy (non-hydrogen) atoms. The fourth-order valence-corrected chi connectivity index (χ4v) is 2.49. The van der Waals surface area contributed by atoms with Crippen LogP contribution in [0.2, 0.25) is 0 Å². The molecule has 0 saturated carbocycles. The normalized spacial score (nSPS) is 12.0. The van der Waals surface area contributed by atoms with E-state index in [9.17, 15) is 10.1 Å².